The molecule has 0 bridgehead atoms. The molecule has 0 aromatic heterocycles. The summed E-state index contributed by atoms with van der Waals surface area (Å²) in [6, 6.07) is 3.89. The number of halogens is 1. The quantitative estimate of drug-likeness (QED) is 0.539. The fourth-order valence-electron chi connectivity index (χ4n) is 2.21. The molecule has 12 nitrogen and oxygen atoms in total. The number of nitro groups is 3. The van der Waals surface area contributed by atoms with Crippen molar-refractivity contribution in [2.24, 2.45) is 0 Å². The fraction of sp³-hybridized carbons (Fsp3) is 0.143. The smallest absolute Gasteiger partial charge is 0.306 e. The number of nitrogens with one attached hydrogen (secondary N) is 1. The summed E-state index contributed by atoms with van der Waals surface area (Å²) in [5.41, 5.74) is -3.01. The van der Waals surface area contributed by atoms with Crippen LogP contribution in [0.2, 0.25) is 5.02 Å². The maximum absolute atomic E-state index is 11.3. The molecular formula is C14H11ClN4O8. The van der Waals surface area contributed by atoms with Crippen molar-refractivity contribution in [3.8, 4) is 11.5 Å². The van der Waals surface area contributed by atoms with E-state index < -0.39 is 37.5 Å². The second-order valence-corrected chi connectivity index (χ2v) is 5.35. The Bertz CT molecular complexity index is 914. The van der Waals surface area contributed by atoms with E-state index in [9.17, 15) is 30.3 Å². The van der Waals surface area contributed by atoms with Crippen LogP contribution in [0.1, 0.15) is 0 Å². The van der Waals surface area contributed by atoms with Crippen molar-refractivity contribution in [1.82, 2.24) is 0 Å². The predicted octanol–water partition coefficient (Wildman–Crippen LogP) is 3.83. The van der Waals surface area contributed by atoms with Crippen molar-refractivity contribution in [1.29, 1.82) is 0 Å². The van der Waals surface area contributed by atoms with E-state index in [0.717, 1.165) is 0 Å². The minimum Gasteiger partial charge on any atom is -0.495 e. The minimum atomic E-state index is -0.972. The lowest BCUT2D eigenvalue weighted by Gasteiger charge is -2.14. The summed E-state index contributed by atoms with van der Waals surface area (Å²) in [5.74, 6) is 0.366. The van der Waals surface area contributed by atoms with Gasteiger partial charge in [-0.15, -0.1) is 0 Å². The van der Waals surface area contributed by atoms with Gasteiger partial charge in [-0.05, 0) is 6.07 Å². The largest absolute Gasteiger partial charge is 0.495 e. The molecule has 0 spiro atoms. The van der Waals surface area contributed by atoms with Crippen molar-refractivity contribution in [3.05, 3.63) is 59.6 Å². The molecule has 13 heteroatoms. The van der Waals surface area contributed by atoms with Crippen LogP contribution in [0.25, 0.3) is 0 Å². The first-order valence-electron chi connectivity index (χ1n) is 6.99. The highest BCUT2D eigenvalue weighted by molar-refractivity contribution is 6.32. The Kier molecular flexibility index (Phi) is 5.60. The van der Waals surface area contributed by atoms with Gasteiger partial charge < -0.3 is 14.8 Å². The molecule has 2 aromatic carbocycles. The van der Waals surface area contributed by atoms with Crippen LogP contribution in [-0.2, 0) is 0 Å². The van der Waals surface area contributed by atoms with Gasteiger partial charge in [0.25, 0.3) is 5.69 Å². The molecule has 142 valence electrons. The number of hydrogen-bond acceptors (Lipinski definition) is 9. The Labute approximate surface area is 155 Å². The first-order chi connectivity index (χ1) is 12.7. The van der Waals surface area contributed by atoms with Gasteiger partial charge in [0, 0.05) is 6.07 Å². The summed E-state index contributed by atoms with van der Waals surface area (Å²) in [4.78, 5) is 30.7. The minimum absolute atomic E-state index is 0.0587. The third-order valence-corrected chi connectivity index (χ3v) is 3.71. The average molecular weight is 399 g/mol. The lowest BCUT2D eigenvalue weighted by molar-refractivity contribution is -0.401. The van der Waals surface area contributed by atoms with Crippen LogP contribution in [0.3, 0.4) is 0 Å². The van der Waals surface area contributed by atoms with Gasteiger partial charge in [0.1, 0.15) is 11.5 Å². The monoisotopic (exact) mass is 398 g/mol. The first kappa shape index (κ1) is 19.7. The molecule has 0 saturated carbocycles. The van der Waals surface area contributed by atoms with Crippen molar-refractivity contribution in [2.45, 2.75) is 0 Å². The lowest BCUT2D eigenvalue weighted by Crippen LogP contribution is -2.04. The molecule has 0 radical (unpaired) electrons. The number of rotatable bonds is 7. The lowest BCUT2D eigenvalue weighted by atomic mass is 10.2. The van der Waals surface area contributed by atoms with E-state index in [1.165, 1.54) is 26.4 Å². The van der Waals surface area contributed by atoms with Crippen LogP contribution in [0.4, 0.5) is 28.4 Å². The second kappa shape index (κ2) is 7.70. The summed E-state index contributed by atoms with van der Waals surface area (Å²) in [6.07, 6.45) is 0. The van der Waals surface area contributed by atoms with Gasteiger partial charge in [0.05, 0.1) is 51.8 Å². The molecular weight excluding hydrogens is 388 g/mol. The normalized spacial score (nSPS) is 10.2. The molecule has 27 heavy (non-hydrogen) atoms. The molecule has 0 fully saturated rings. The zero-order chi connectivity index (χ0) is 20.3. The molecule has 0 unspecified atom stereocenters. The number of anilines is 2. The molecule has 1 N–H and O–H groups in total. The number of nitro benzene ring substituents is 3. The van der Waals surface area contributed by atoms with E-state index in [-0.39, 0.29) is 22.2 Å². The van der Waals surface area contributed by atoms with E-state index >= 15 is 0 Å². The van der Waals surface area contributed by atoms with Crippen LogP contribution in [-0.4, -0.2) is 29.0 Å². The highest BCUT2D eigenvalue weighted by atomic mass is 35.5. The number of benzene rings is 2. The van der Waals surface area contributed by atoms with Crippen molar-refractivity contribution in [2.75, 3.05) is 19.5 Å². The molecule has 0 amide bonds. The Morgan fingerprint density at radius 1 is 0.852 bits per heavy atom. The zero-order valence-electron chi connectivity index (χ0n) is 13.8. The summed E-state index contributed by atoms with van der Waals surface area (Å²) in [5, 5.41) is 36.2. The van der Waals surface area contributed by atoms with E-state index in [1.54, 1.807) is 0 Å². The van der Waals surface area contributed by atoms with E-state index in [2.05, 4.69) is 5.32 Å². The molecule has 0 aliphatic carbocycles. The summed E-state index contributed by atoms with van der Waals surface area (Å²) >= 11 is 6.02. The van der Waals surface area contributed by atoms with Gasteiger partial charge >= 0.3 is 11.4 Å². The van der Waals surface area contributed by atoms with Crippen LogP contribution >= 0.6 is 11.6 Å². The van der Waals surface area contributed by atoms with Gasteiger partial charge in [-0.2, -0.15) is 0 Å². The zero-order valence-corrected chi connectivity index (χ0v) is 14.6. The number of ether oxygens (including phenoxy) is 2. The summed E-state index contributed by atoms with van der Waals surface area (Å²) in [6.45, 7) is 0. The van der Waals surface area contributed by atoms with Crippen LogP contribution < -0.4 is 14.8 Å². The molecule has 0 saturated heterocycles. The molecule has 0 aliphatic rings. The highest BCUT2D eigenvalue weighted by Gasteiger charge is 2.31. The molecule has 0 atom stereocenters. The maximum Gasteiger partial charge on any atom is 0.306 e. The number of non-ortho nitro benzene ring substituents is 1. The Balaban J connectivity index is 2.72. The topological polar surface area (TPSA) is 160 Å². The van der Waals surface area contributed by atoms with Gasteiger partial charge in [0.2, 0.25) is 0 Å². The average Bonchev–Trinajstić information content (AvgIpc) is 2.61. The third kappa shape index (κ3) is 3.95. The van der Waals surface area contributed by atoms with Gasteiger partial charge in [0.15, 0.2) is 5.69 Å². The first-order valence-corrected chi connectivity index (χ1v) is 7.37. The van der Waals surface area contributed by atoms with Gasteiger partial charge in [-0.1, -0.05) is 11.6 Å². The van der Waals surface area contributed by atoms with Crippen LogP contribution in [0.15, 0.2) is 24.3 Å². The van der Waals surface area contributed by atoms with Crippen LogP contribution in [0.5, 0.6) is 11.5 Å². The Morgan fingerprint density at radius 2 is 1.37 bits per heavy atom. The van der Waals surface area contributed by atoms with Crippen LogP contribution in [0, 0.1) is 30.3 Å². The standard InChI is InChI=1S/C14H11ClN4O8/c1-26-12-6-13(27-2)9(5-8(12)15)16-14-10(18(22)23)3-7(17(20)21)4-11(14)19(24)25/h3-6,16H,1-2H3. The molecule has 2 rings (SSSR count). The molecule has 0 aliphatic heterocycles. The van der Waals surface area contributed by atoms with Gasteiger partial charge in [-0.3, -0.25) is 30.3 Å². The maximum atomic E-state index is 11.3. The van der Waals surface area contributed by atoms with E-state index in [0.29, 0.717) is 12.1 Å². The Morgan fingerprint density at radius 3 is 1.78 bits per heavy atom. The van der Waals surface area contributed by atoms with E-state index in [1.807, 2.05) is 0 Å². The predicted molar refractivity (Wildman–Crippen MR) is 94.2 cm³/mol. The van der Waals surface area contributed by atoms with Gasteiger partial charge in [-0.25, -0.2) is 0 Å². The number of nitrogens with zero attached hydrogens (tertiary/aromatic N) is 3. The SMILES string of the molecule is COc1cc(OC)c(Nc2c([N+](=O)[O-])cc([N+](=O)[O-])cc2[N+](=O)[O-])cc1Cl. The number of methoxy groups -OCH3 is 2. The third-order valence-electron chi connectivity index (χ3n) is 3.42. The van der Waals surface area contributed by atoms with Crippen molar-refractivity contribution >= 4 is 40.0 Å². The highest BCUT2D eigenvalue weighted by Crippen LogP contribution is 2.43. The summed E-state index contributed by atoms with van der Waals surface area (Å²) < 4.78 is 10.2. The van der Waals surface area contributed by atoms with Crippen molar-refractivity contribution in [3.63, 3.8) is 0 Å². The Hall–Kier alpha value is -3.67. The van der Waals surface area contributed by atoms with Crippen molar-refractivity contribution < 1.29 is 24.2 Å². The number of hydrogen-bond donors (Lipinski definition) is 1. The summed E-state index contributed by atoms with van der Waals surface area (Å²) in [7, 11) is 2.66. The van der Waals surface area contributed by atoms with E-state index in [4.69, 9.17) is 21.1 Å². The molecule has 0 heterocycles. The second-order valence-electron chi connectivity index (χ2n) is 4.94. The fourth-order valence-corrected chi connectivity index (χ4v) is 2.45. The molecule has 2 aromatic rings.